The van der Waals surface area contributed by atoms with Gasteiger partial charge >= 0.3 is 0 Å². The van der Waals surface area contributed by atoms with Crippen LogP contribution in [0.15, 0.2) is 54.6 Å². The second-order valence-corrected chi connectivity index (χ2v) is 3.99. The molecule has 2 aromatic carbocycles. The molecule has 1 nitrogen and oxygen atoms in total. The second kappa shape index (κ2) is 5.44. The molecule has 0 bridgehead atoms. The van der Waals surface area contributed by atoms with Crippen molar-refractivity contribution < 1.29 is 4.79 Å². The molecule has 0 aliphatic carbocycles. The molecular formula is C16H15O. The predicted octanol–water partition coefficient (Wildman–Crippen LogP) is 3.49. The number of hydrogen-bond acceptors (Lipinski definition) is 1. The fourth-order valence-corrected chi connectivity index (χ4v) is 1.89. The summed E-state index contributed by atoms with van der Waals surface area (Å²) in [5.41, 5.74) is 2.87. The van der Waals surface area contributed by atoms with E-state index in [1.165, 1.54) is 0 Å². The highest BCUT2D eigenvalue weighted by atomic mass is 16.1. The second-order valence-electron chi connectivity index (χ2n) is 3.99. The zero-order valence-electron chi connectivity index (χ0n) is 9.73. The van der Waals surface area contributed by atoms with Crippen LogP contribution >= 0.6 is 0 Å². The minimum Gasteiger partial charge on any atom is -0.294 e. The quantitative estimate of drug-likeness (QED) is 0.725. The Kier molecular flexibility index (Phi) is 3.71. The average molecular weight is 223 g/mol. The van der Waals surface area contributed by atoms with Gasteiger partial charge in [-0.25, -0.2) is 0 Å². The van der Waals surface area contributed by atoms with E-state index in [-0.39, 0.29) is 5.78 Å². The fraction of sp³-hybridized carbons (Fsp3) is 0.125. The lowest BCUT2D eigenvalue weighted by Gasteiger charge is -2.06. The first-order valence-electron chi connectivity index (χ1n) is 5.75. The van der Waals surface area contributed by atoms with E-state index in [0.717, 1.165) is 16.7 Å². The normalized spacial score (nSPS) is 10.2. The Morgan fingerprint density at radius 3 is 2.29 bits per heavy atom. The largest absolute Gasteiger partial charge is 0.294 e. The molecule has 2 aromatic rings. The molecule has 0 amide bonds. The molecule has 85 valence electrons. The molecule has 17 heavy (non-hydrogen) atoms. The lowest BCUT2D eigenvalue weighted by molar-refractivity contribution is 0.0992. The van der Waals surface area contributed by atoms with E-state index in [4.69, 9.17) is 0 Å². The Hall–Kier alpha value is -1.89. The van der Waals surface area contributed by atoms with Crippen LogP contribution in [0.5, 0.6) is 0 Å². The first-order valence-corrected chi connectivity index (χ1v) is 5.75. The first kappa shape index (κ1) is 11.6. The minimum absolute atomic E-state index is 0.162. The Bertz CT molecular complexity index is 500. The molecular weight excluding hydrogens is 208 g/mol. The van der Waals surface area contributed by atoms with Gasteiger partial charge in [-0.3, -0.25) is 4.79 Å². The predicted molar refractivity (Wildman–Crippen MR) is 70.0 cm³/mol. The van der Waals surface area contributed by atoms with Crippen molar-refractivity contribution in [3.63, 3.8) is 0 Å². The van der Waals surface area contributed by atoms with Gasteiger partial charge in [0.15, 0.2) is 5.78 Å². The smallest absolute Gasteiger partial charge is 0.167 e. The van der Waals surface area contributed by atoms with Crippen LogP contribution in [-0.4, -0.2) is 5.78 Å². The number of hydrogen-bond donors (Lipinski definition) is 0. The number of rotatable bonds is 4. The molecule has 0 spiro atoms. The number of ketones is 1. The summed E-state index contributed by atoms with van der Waals surface area (Å²) in [5.74, 6) is 0.162. The highest BCUT2D eigenvalue weighted by Gasteiger charge is 2.10. The maximum Gasteiger partial charge on any atom is 0.167 e. The summed E-state index contributed by atoms with van der Waals surface area (Å²) in [5, 5.41) is 0. The summed E-state index contributed by atoms with van der Waals surface area (Å²) in [6, 6.07) is 17.5. The van der Waals surface area contributed by atoms with Crippen molar-refractivity contribution in [2.24, 2.45) is 0 Å². The monoisotopic (exact) mass is 223 g/mol. The van der Waals surface area contributed by atoms with Crippen molar-refractivity contribution in [1.29, 1.82) is 0 Å². The topological polar surface area (TPSA) is 17.1 Å². The average Bonchev–Trinajstić information content (AvgIpc) is 2.40. The zero-order valence-corrected chi connectivity index (χ0v) is 9.73. The van der Waals surface area contributed by atoms with Crippen LogP contribution in [0.1, 0.15) is 21.5 Å². The van der Waals surface area contributed by atoms with Crippen molar-refractivity contribution in [3.05, 3.63) is 78.2 Å². The maximum atomic E-state index is 12.2. The van der Waals surface area contributed by atoms with Crippen molar-refractivity contribution in [2.45, 2.75) is 12.8 Å². The van der Waals surface area contributed by atoms with Gasteiger partial charge in [-0.05, 0) is 24.5 Å². The standard InChI is InChI=1S/C16H15O/c1-2-14-10-6-7-11-15(14)16(17)12-13-8-4-3-5-9-13/h3-11H,1-2,12H2. The van der Waals surface area contributed by atoms with Gasteiger partial charge < -0.3 is 0 Å². The van der Waals surface area contributed by atoms with E-state index in [9.17, 15) is 4.79 Å². The Morgan fingerprint density at radius 1 is 0.941 bits per heavy atom. The van der Waals surface area contributed by atoms with Crippen LogP contribution in [-0.2, 0) is 12.8 Å². The fourth-order valence-electron chi connectivity index (χ4n) is 1.89. The summed E-state index contributed by atoms with van der Waals surface area (Å²) < 4.78 is 0. The highest BCUT2D eigenvalue weighted by Crippen LogP contribution is 2.13. The Morgan fingerprint density at radius 2 is 1.59 bits per heavy atom. The summed E-state index contributed by atoms with van der Waals surface area (Å²) in [7, 11) is 0. The molecule has 0 aromatic heterocycles. The number of benzene rings is 2. The van der Waals surface area contributed by atoms with E-state index < -0.39 is 0 Å². The molecule has 1 radical (unpaired) electrons. The lowest BCUT2D eigenvalue weighted by atomic mass is 9.97. The van der Waals surface area contributed by atoms with Gasteiger partial charge in [0.05, 0.1) is 0 Å². The summed E-state index contributed by atoms with van der Waals surface area (Å²) in [6.07, 6.45) is 1.11. The van der Waals surface area contributed by atoms with E-state index in [2.05, 4.69) is 6.92 Å². The van der Waals surface area contributed by atoms with Crippen LogP contribution in [0.2, 0.25) is 0 Å². The molecule has 2 rings (SSSR count). The van der Waals surface area contributed by atoms with Gasteiger partial charge in [0.2, 0.25) is 0 Å². The van der Waals surface area contributed by atoms with Gasteiger partial charge in [-0.15, -0.1) is 0 Å². The van der Waals surface area contributed by atoms with Crippen LogP contribution in [0.25, 0.3) is 0 Å². The number of carbonyl (C=O) groups is 1. The van der Waals surface area contributed by atoms with Gasteiger partial charge in [0.1, 0.15) is 0 Å². The van der Waals surface area contributed by atoms with Crippen molar-refractivity contribution in [2.75, 3.05) is 0 Å². The molecule has 0 N–H and O–H groups in total. The van der Waals surface area contributed by atoms with E-state index >= 15 is 0 Å². The van der Waals surface area contributed by atoms with Crippen molar-refractivity contribution in [1.82, 2.24) is 0 Å². The number of carbonyl (C=O) groups excluding carboxylic acids is 1. The van der Waals surface area contributed by atoms with Crippen LogP contribution in [0, 0.1) is 6.92 Å². The van der Waals surface area contributed by atoms with Gasteiger partial charge in [0, 0.05) is 12.0 Å². The van der Waals surface area contributed by atoms with Crippen molar-refractivity contribution in [3.8, 4) is 0 Å². The molecule has 0 heterocycles. The SMILES string of the molecule is [CH2]Cc1ccccc1C(=O)Cc1ccccc1. The Labute approximate surface area is 102 Å². The molecule has 0 fully saturated rings. The zero-order chi connectivity index (χ0) is 12.1. The molecule has 0 saturated carbocycles. The molecule has 0 atom stereocenters. The third kappa shape index (κ3) is 2.82. The summed E-state index contributed by atoms with van der Waals surface area (Å²) in [6.45, 7) is 3.85. The van der Waals surface area contributed by atoms with E-state index in [1.54, 1.807) is 0 Å². The third-order valence-electron chi connectivity index (χ3n) is 2.79. The third-order valence-corrected chi connectivity index (χ3v) is 2.79. The lowest BCUT2D eigenvalue weighted by Crippen LogP contribution is -2.06. The Balaban J connectivity index is 2.20. The van der Waals surface area contributed by atoms with Gasteiger partial charge in [-0.2, -0.15) is 0 Å². The van der Waals surface area contributed by atoms with E-state index in [1.807, 2.05) is 54.6 Å². The summed E-state index contributed by atoms with van der Waals surface area (Å²) in [4.78, 5) is 12.2. The molecule has 0 unspecified atom stereocenters. The van der Waals surface area contributed by atoms with Crippen LogP contribution < -0.4 is 0 Å². The first-order chi connectivity index (χ1) is 8.31. The summed E-state index contributed by atoms with van der Waals surface area (Å²) >= 11 is 0. The van der Waals surface area contributed by atoms with Crippen LogP contribution in [0.3, 0.4) is 0 Å². The van der Waals surface area contributed by atoms with E-state index in [0.29, 0.717) is 12.8 Å². The van der Waals surface area contributed by atoms with Gasteiger partial charge in [0.25, 0.3) is 0 Å². The maximum absolute atomic E-state index is 12.2. The van der Waals surface area contributed by atoms with Gasteiger partial charge in [-0.1, -0.05) is 54.6 Å². The molecule has 1 heteroatoms. The minimum atomic E-state index is 0.162. The van der Waals surface area contributed by atoms with Crippen molar-refractivity contribution >= 4 is 5.78 Å². The molecule has 0 saturated heterocycles. The highest BCUT2D eigenvalue weighted by molar-refractivity contribution is 5.98. The number of Topliss-reactive ketones (excluding diaryl/α,β-unsaturated/α-hetero) is 1. The molecule has 0 aliphatic rings. The van der Waals surface area contributed by atoms with Crippen LogP contribution in [0.4, 0.5) is 0 Å². The molecule has 0 aliphatic heterocycles.